The zero-order valence-corrected chi connectivity index (χ0v) is 17.8. The van der Waals surface area contributed by atoms with Crippen molar-refractivity contribution < 1.29 is 9.59 Å². The topological polar surface area (TPSA) is 78.1 Å². The van der Waals surface area contributed by atoms with Gasteiger partial charge < -0.3 is 10.2 Å². The molecule has 1 aliphatic heterocycles. The highest BCUT2D eigenvalue weighted by Crippen LogP contribution is 2.24. The van der Waals surface area contributed by atoms with Crippen molar-refractivity contribution in [2.45, 2.75) is 38.1 Å². The van der Waals surface area contributed by atoms with Crippen LogP contribution < -0.4 is 5.32 Å². The number of nitrogens with zero attached hydrogens (tertiary/aromatic N) is 2. The first-order valence-corrected chi connectivity index (χ1v) is 10.9. The van der Waals surface area contributed by atoms with Crippen molar-refractivity contribution in [2.24, 2.45) is 0 Å². The number of amides is 2. The lowest BCUT2D eigenvalue weighted by Crippen LogP contribution is -2.47. The van der Waals surface area contributed by atoms with Crippen LogP contribution in [0.4, 0.5) is 0 Å². The molecule has 1 atom stereocenters. The summed E-state index contributed by atoms with van der Waals surface area (Å²) < 4.78 is 0. The number of H-pyrrole nitrogens is 1. The number of aromatic amines is 1. The number of hydrogen-bond acceptors (Lipinski definition) is 3. The van der Waals surface area contributed by atoms with Crippen LogP contribution in [0.15, 0.2) is 66.7 Å². The van der Waals surface area contributed by atoms with Gasteiger partial charge in [-0.15, -0.1) is 0 Å². The van der Waals surface area contributed by atoms with E-state index in [0.29, 0.717) is 18.8 Å². The maximum absolute atomic E-state index is 13.0. The molecule has 3 aromatic rings. The van der Waals surface area contributed by atoms with Gasteiger partial charge >= 0.3 is 0 Å². The normalized spacial score (nSPS) is 15.5. The van der Waals surface area contributed by atoms with Crippen LogP contribution in [0, 0.1) is 0 Å². The molecule has 0 bridgehead atoms. The average Bonchev–Trinajstić information content (AvgIpc) is 3.32. The Morgan fingerprint density at radius 3 is 2.35 bits per heavy atom. The lowest BCUT2D eigenvalue weighted by atomic mass is 9.93. The van der Waals surface area contributed by atoms with Gasteiger partial charge in [0.2, 0.25) is 5.91 Å². The lowest BCUT2D eigenvalue weighted by molar-refractivity contribution is -0.134. The number of rotatable bonds is 6. The van der Waals surface area contributed by atoms with Gasteiger partial charge in [-0.3, -0.25) is 14.7 Å². The third-order valence-corrected chi connectivity index (χ3v) is 5.94. The Morgan fingerprint density at radius 2 is 1.71 bits per heavy atom. The Balaban J connectivity index is 1.31. The molecule has 2 heterocycles. The molecule has 2 aromatic carbocycles. The summed E-state index contributed by atoms with van der Waals surface area (Å²) in [6, 6.07) is 21.6. The fraction of sp³-hybridized carbons (Fsp3) is 0.320. The van der Waals surface area contributed by atoms with Gasteiger partial charge in [-0.05, 0) is 30.9 Å². The van der Waals surface area contributed by atoms with Crippen LogP contribution in [0.3, 0.4) is 0 Å². The molecule has 0 spiro atoms. The molecule has 0 saturated carbocycles. The molecule has 1 aromatic heterocycles. The Bertz CT molecular complexity index is 1010. The molecule has 1 aliphatic rings. The Labute approximate surface area is 182 Å². The van der Waals surface area contributed by atoms with E-state index in [1.54, 1.807) is 6.07 Å². The highest BCUT2D eigenvalue weighted by atomic mass is 16.2. The maximum Gasteiger partial charge on any atom is 0.269 e. The van der Waals surface area contributed by atoms with Crippen molar-refractivity contribution in [3.63, 3.8) is 0 Å². The van der Waals surface area contributed by atoms with Crippen molar-refractivity contribution in [2.75, 3.05) is 13.1 Å². The Hall–Kier alpha value is -3.41. The fourth-order valence-corrected chi connectivity index (χ4v) is 4.16. The van der Waals surface area contributed by atoms with Gasteiger partial charge in [0.05, 0.1) is 11.6 Å². The second-order valence-corrected chi connectivity index (χ2v) is 7.98. The molecule has 0 radical (unpaired) electrons. The first kappa shape index (κ1) is 20.8. The summed E-state index contributed by atoms with van der Waals surface area (Å²) in [5, 5.41) is 10.2. The van der Waals surface area contributed by atoms with Crippen molar-refractivity contribution in [1.29, 1.82) is 0 Å². The molecule has 31 heavy (non-hydrogen) atoms. The first-order valence-electron chi connectivity index (χ1n) is 10.9. The molecule has 6 heteroatoms. The standard InChI is InChI=1S/C25H28N4O2/c1-2-21(18-9-5-3-6-10-18)25(31)29-15-13-20(14-16-29)26-24(30)23-17-22(27-28-23)19-11-7-4-8-12-19/h3-12,17,20-21H,2,13-16H2,1H3,(H,26,30)(H,27,28). The molecule has 2 amide bonds. The lowest BCUT2D eigenvalue weighted by Gasteiger charge is -2.34. The summed E-state index contributed by atoms with van der Waals surface area (Å²) in [7, 11) is 0. The smallest absolute Gasteiger partial charge is 0.269 e. The van der Waals surface area contributed by atoms with E-state index >= 15 is 0 Å². The second-order valence-electron chi connectivity index (χ2n) is 7.98. The Morgan fingerprint density at radius 1 is 1.06 bits per heavy atom. The quantitative estimate of drug-likeness (QED) is 0.638. The number of benzene rings is 2. The number of aromatic nitrogens is 2. The largest absolute Gasteiger partial charge is 0.348 e. The molecule has 2 N–H and O–H groups in total. The fourth-order valence-electron chi connectivity index (χ4n) is 4.16. The highest BCUT2D eigenvalue weighted by molar-refractivity contribution is 5.93. The SMILES string of the molecule is CCC(C(=O)N1CCC(NC(=O)c2cc(-c3ccccc3)n[nH]2)CC1)c1ccccc1. The van der Waals surface area contributed by atoms with Crippen molar-refractivity contribution in [3.8, 4) is 11.3 Å². The van der Waals surface area contributed by atoms with Crippen molar-refractivity contribution in [1.82, 2.24) is 20.4 Å². The monoisotopic (exact) mass is 416 g/mol. The predicted molar refractivity (Wildman–Crippen MR) is 121 cm³/mol. The first-order chi connectivity index (χ1) is 15.2. The van der Waals surface area contributed by atoms with E-state index in [2.05, 4.69) is 22.4 Å². The number of hydrogen-bond donors (Lipinski definition) is 2. The van der Waals surface area contributed by atoms with Crippen LogP contribution in [0.5, 0.6) is 0 Å². The summed E-state index contributed by atoms with van der Waals surface area (Å²) in [6.07, 6.45) is 2.29. The van der Waals surface area contributed by atoms with Gasteiger partial charge in [0, 0.05) is 24.7 Å². The minimum atomic E-state index is -0.157. The van der Waals surface area contributed by atoms with Crippen LogP contribution in [0.1, 0.15) is 48.2 Å². The summed E-state index contributed by atoms with van der Waals surface area (Å²) in [4.78, 5) is 27.6. The summed E-state index contributed by atoms with van der Waals surface area (Å²) in [5.41, 5.74) is 3.23. The summed E-state index contributed by atoms with van der Waals surface area (Å²) in [6.45, 7) is 3.37. The van der Waals surface area contributed by atoms with Gasteiger partial charge in [0.25, 0.3) is 5.91 Å². The summed E-state index contributed by atoms with van der Waals surface area (Å²) in [5.74, 6) is -0.0801. The van der Waals surface area contributed by atoms with E-state index in [4.69, 9.17) is 0 Å². The molecule has 160 valence electrons. The van der Waals surface area contributed by atoms with Crippen LogP contribution in [0.2, 0.25) is 0 Å². The van der Waals surface area contributed by atoms with Gasteiger partial charge in [-0.25, -0.2) is 0 Å². The van der Waals surface area contributed by atoms with Crippen LogP contribution in [-0.2, 0) is 4.79 Å². The molecular formula is C25H28N4O2. The van der Waals surface area contributed by atoms with Crippen LogP contribution in [-0.4, -0.2) is 46.0 Å². The average molecular weight is 417 g/mol. The van der Waals surface area contributed by atoms with E-state index in [1.165, 1.54) is 0 Å². The predicted octanol–water partition coefficient (Wildman–Crippen LogP) is 3.99. The zero-order valence-electron chi connectivity index (χ0n) is 17.8. The molecule has 1 fully saturated rings. The third-order valence-electron chi connectivity index (χ3n) is 5.94. The molecular weight excluding hydrogens is 388 g/mol. The van der Waals surface area contributed by atoms with Crippen LogP contribution >= 0.6 is 0 Å². The van der Waals surface area contributed by atoms with Gasteiger partial charge in [-0.2, -0.15) is 5.10 Å². The number of carbonyl (C=O) groups is 2. The molecule has 4 rings (SSSR count). The number of nitrogens with one attached hydrogen (secondary N) is 2. The minimum Gasteiger partial charge on any atom is -0.348 e. The van der Waals surface area contributed by atoms with Gasteiger partial charge in [0.1, 0.15) is 5.69 Å². The second kappa shape index (κ2) is 9.60. The van der Waals surface area contributed by atoms with E-state index in [1.807, 2.05) is 65.6 Å². The number of carbonyl (C=O) groups excluding carboxylic acids is 2. The van der Waals surface area contributed by atoms with Crippen molar-refractivity contribution >= 4 is 11.8 Å². The molecule has 0 aliphatic carbocycles. The Kier molecular flexibility index (Phi) is 6.46. The minimum absolute atomic E-state index is 0.0526. The number of piperidine rings is 1. The van der Waals surface area contributed by atoms with Crippen LogP contribution in [0.25, 0.3) is 11.3 Å². The molecule has 1 unspecified atom stereocenters. The maximum atomic E-state index is 13.0. The highest BCUT2D eigenvalue weighted by Gasteiger charge is 2.29. The molecule has 1 saturated heterocycles. The summed E-state index contributed by atoms with van der Waals surface area (Å²) >= 11 is 0. The van der Waals surface area contributed by atoms with E-state index in [0.717, 1.165) is 36.1 Å². The van der Waals surface area contributed by atoms with E-state index < -0.39 is 0 Å². The van der Waals surface area contributed by atoms with E-state index in [-0.39, 0.29) is 23.8 Å². The zero-order chi connectivity index (χ0) is 21.6. The van der Waals surface area contributed by atoms with E-state index in [9.17, 15) is 9.59 Å². The van der Waals surface area contributed by atoms with Crippen molar-refractivity contribution in [3.05, 3.63) is 78.0 Å². The number of likely N-dealkylation sites (tertiary alicyclic amines) is 1. The van der Waals surface area contributed by atoms with Gasteiger partial charge in [-0.1, -0.05) is 67.6 Å². The van der Waals surface area contributed by atoms with Gasteiger partial charge in [0.15, 0.2) is 0 Å². The third kappa shape index (κ3) is 4.85. The molecule has 6 nitrogen and oxygen atoms in total.